The van der Waals surface area contributed by atoms with E-state index in [9.17, 15) is 4.79 Å². The number of benzene rings is 1. The number of hydrogen-bond donors (Lipinski definition) is 0. The average molecular weight is 313 g/mol. The molecule has 0 aromatic heterocycles. The van der Waals surface area contributed by atoms with Gasteiger partial charge in [0, 0.05) is 13.1 Å². The maximum atomic E-state index is 12.7. The van der Waals surface area contributed by atoms with Crippen molar-refractivity contribution >= 4 is 5.91 Å². The standard InChI is InChI=1S/C19H23NO3/c1-14-17(23-13-12-22-14)18(21)20-10-8-19(9-11-20)7-6-15-4-2-3-5-16(15)19/h2-5H,6-13H2,1H3. The maximum absolute atomic E-state index is 12.7. The molecular weight excluding hydrogens is 290 g/mol. The third-order valence-electron chi connectivity index (χ3n) is 5.63. The van der Waals surface area contributed by atoms with E-state index in [0.29, 0.717) is 24.7 Å². The molecule has 23 heavy (non-hydrogen) atoms. The van der Waals surface area contributed by atoms with Gasteiger partial charge in [-0.15, -0.1) is 0 Å². The van der Waals surface area contributed by atoms with Gasteiger partial charge in [0.25, 0.3) is 5.91 Å². The van der Waals surface area contributed by atoms with Crippen LogP contribution in [0.15, 0.2) is 35.8 Å². The van der Waals surface area contributed by atoms with Crippen molar-refractivity contribution in [3.8, 4) is 0 Å². The molecule has 4 nitrogen and oxygen atoms in total. The molecule has 0 radical (unpaired) electrons. The lowest BCUT2D eigenvalue weighted by Crippen LogP contribution is -2.45. The number of nitrogens with zero attached hydrogens (tertiary/aromatic N) is 1. The molecule has 1 fully saturated rings. The Bertz CT molecular complexity index is 656. The lowest BCUT2D eigenvalue weighted by atomic mass is 9.74. The Morgan fingerprint density at radius 3 is 2.61 bits per heavy atom. The van der Waals surface area contributed by atoms with Gasteiger partial charge in [-0.3, -0.25) is 4.79 Å². The van der Waals surface area contributed by atoms with E-state index in [2.05, 4.69) is 24.3 Å². The molecule has 2 heterocycles. The Balaban J connectivity index is 1.49. The van der Waals surface area contributed by atoms with Crippen LogP contribution in [0.2, 0.25) is 0 Å². The zero-order chi connectivity index (χ0) is 15.9. The smallest absolute Gasteiger partial charge is 0.292 e. The minimum absolute atomic E-state index is 0.0108. The molecule has 0 bridgehead atoms. The first-order valence-electron chi connectivity index (χ1n) is 8.54. The van der Waals surface area contributed by atoms with Gasteiger partial charge in [0.1, 0.15) is 19.0 Å². The van der Waals surface area contributed by atoms with Crippen LogP contribution in [0.1, 0.15) is 37.3 Å². The van der Waals surface area contributed by atoms with Crippen molar-refractivity contribution < 1.29 is 14.3 Å². The Kier molecular flexibility index (Phi) is 3.55. The number of rotatable bonds is 1. The summed E-state index contributed by atoms with van der Waals surface area (Å²) in [5, 5.41) is 0. The molecule has 0 unspecified atom stereocenters. The van der Waals surface area contributed by atoms with E-state index in [1.165, 1.54) is 24.0 Å². The predicted octanol–water partition coefficient (Wildman–Crippen LogP) is 2.77. The lowest BCUT2D eigenvalue weighted by molar-refractivity contribution is -0.134. The molecule has 3 aliphatic rings. The minimum Gasteiger partial charge on any atom is -0.491 e. The Morgan fingerprint density at radius 1 is 1.09 bits per heavy atom. The molecule has 1 saturated heterocycles. The number of hydrogen-bond acceptors (Lipinski definition) is 3. The van der Waals surface area contributed by atoms with Crippen LogP contribution in [0.3, 0.4) is 0 Å². The molecule has 2 aliphatic heterocycles. The van der Waals surface area contributed by atoms with Crippen molar-refractivity contribution in [1.82, 2.24) is 4.90 Å². The van der Waals surface area contributed by atoms with E-state index in [0.717, 1.165) is 25.9 Å². The zero-order valence-electron chi connectivity index (χ0n) is 13.6. The Labute approximate surface area is 137 Å². The minimum atomic E-state index is -0.0108. The van der Waals surface area contributed by atoms with Crippen molar-refractivity contribution in [3.05, 3.63) is 46.9 Å². The van der Waals surface area contributed by atoms with Crippen molar-refractivity contribution in [2.24, 2.45) is 0 Å². The SMILES string of the molecule is CC1=C(C(=O)N2CCC3(CCc4ccccc43)CC2)OCCO1. The van der Waals surface area contributed by atoms with Gasteiger partial charge in [0.2, 0.25) is 5.76 Å². The van der Waals surface area contributed by atoms with Crippen LogP contribution in [-0.2, 0) is 26.1 Å². The molecule has 0 saturated carbocycles. The number of piperidine rings is 1. The maximum Gasteiger partial charge on any atom is 0.292 e. The summed E-state index contributed by atoms with van der Waals surface area (Å²) in [6, 6.07) is 8.81. The normalized spacial score (nSPS) is 22.6. The largest absolute Gasteiger partial charge is 0.491 e. The van der Waals surface area contributed by atoms with Gasteiger partial charge in [0.05, 0.1) is 0 Å². The first-order chi connectivity index (χ1) is 11.2. The van der Waals surface area contributed by atoms with E-state index >= 15 is 0 Å². The Hall–Kier alpha value is -1.97. The molecule has 4 rings (SSSR count). The first kappa shape index (κ1) is 14.6. The second-order valence-corrected chi connectivity index (χ2v) is 6.81. The quantitative estimate of drug-likeness (QED) is 0.800. The molecule has 1 aliphatic carbocycles. The fourth-order valence-electron chi connectivity index (χ4n) is 4.28. The summed E-state index contributed by atoms with van der Waals surface area (Å²) in [4.78, 5) is 14.6. The highest BCUT2D eigenvalue weighted by Crippen LogP contribution is 2.46. The highest BCUT2D eigenvalue weighted by atomic mass is 16.6. The van der Waals surface area contributed by atoms with Gasteiger partial charge in [-0.25, -0.2) is 0 Å². The number of amides is 1. The summed E-state index contributed by atoms with van der Waals surface area (Å²) in [5.74, 6) is 1.01. The van der Waals surface area contributed by atoms with Gasteiger partial charge < -0.3 is 14.4 Å². The summed E-state index contributed by atoms with van der Waals surface area (Å²) in [5.41, 5.74) is 3.29. The van der Waals surface area contributed by atoms with E-state index in [1.807, 2.05) is 11.8 Å². The number of aryl methyl sites for hydroxylation is 1. The average Bonchev–Trinajstić information content (AvgIpc) is 2.94. The molecule has 1 aromatic rings. The molecule has 0 atom stereocenters. The molecular formula is C19H23NO3. The van der Waals surface area contributed by atoms with Gasteiger partial charge >= 0.3 is 0 Å². The van der Waals surface area contributed by atoms with Crippen LogP contribution in [0.4, 0.5) is 0 Å². The highest BCUT2D eigenvalue weighted by molar-refractivity contribution is 5.92. The molecule has 122 valence electrons. The van der Waals surface area contributed by atoms with E-state index < -0.39 is 0 Å². The Morgan fingerprint density at radius 2 is 1.83 bits per heavy atom. The third kappa shape index (κ3) is 2.41. The van der Waals surface area contributed by atoms with Crippen LogP contribution in [0.5, 0.6) is 0 Å². The lowest BCUT2D eigenvalue weighted by Gasteiger charge is -2.40. The van der Waals surface area contributed by atoms with Crippen molar-refractivity contribution in [1.29, 1.82) is 0 Å². The highest BCUT2D eigenvalue weighted by Gasteiger charge is 2.42. The summed E-state index contributed by atoms with van der Waals surface area (Å²) in [7, 11) is 0. The molecule has 1 aromatic carbocycles. The van der Waals surface area contributed by atoms with Crippen LogP contribution >= 0.6 is 0 Å². The van der Waals surface area contributed by atoms with Crippen LogP contribution in [0.25, 0.3) is 0 Å². The van der Waals surface area contributed by atoms with E-state index in [-0.39, 0.29) is 11.3 Å². The van der Waals surface area contributed by atoms with Gasteiger partial charge in [0.15, 0.2) is 0 Å². The number of carbonyl (C=O) groups excluding carboxylic acids is 1. The summed E-state index contributed by atoms with van der Waals surface area (Å²) in [6.45, 7) is 4.40. The second kappa shape index (κ2) is 5.59. The number of allylic oxidation sites excluding steroid dienone is 1. The van der Waals surface area contributed by atoms with Gasteiger partial charge in [-0.05, 0) is 49.1 Å². The first-order valence-corrected chi connectivity index (χ1v) is 8.54. The molecule has 1 spiro atoms. The molecule has 1 amide bonds. The van der Waals surface area contributed by atoms with Gasteiger partial charge in [-0.1, -0.05) is 24.3 Å². The van der Waals surface area contributed by atoms with Crippen LogP contribution < -0.4 is 0 Å². The molecule has 4 heteroatoms. The third-order valence-corrected chi connectivity index (χ3v) is 5.63. The number of carbonyl (C=O) groups is 1. The van der Waals surface area contributed by atoms with E-state index in [4.69, 9.17) is 9.47 Å². The predicted molar refractivity (Wildman–Crippen MR) is 86.9 cm³/mol. The number of likely N-dealkylation sites (tertiary alicyclic amines) is 1. The van der Waals surface area contributed by atoms with Crippen molar-refractivity contribution in [2.75, 3.05) is 26.3 Å². The van der Waals surface area contributed by atoms with Gasteiger partial charge in [-0.2, -0.15) is 0 Å². The monoisotopic (exact) mass is 313 g/mol. The summed E-state index contributed by atoms with van der Waals surface area (Å²) < 4.78 is 11.0. The fraction of sp³-hybridized carbons (Fsp3) is 0.526. The van der Waals surface area contributed by atoms with Crippen molar-refractivity contribution in [2.45, 2.75) is 38.0 Å². The number of fused-ring (bicyclic) bond motifs is 2. The summed E-state index contributed by atoms with van der Waals surface area (Å²) >= 11 is 0. The molecule has 0 N–H and O–H groups in total. The summed E-state index contributed by atoms with van der Waals surface area (Å²) in [6.07, 6.45) is 4.48. The van der Waals surface area contributed by atoms with Crippen LogP contribution in [-0.4, -0.2) is 37.1 Å². The number of ether oxygens (including phenoxy) is 2. The second-order valence-electron chi connectivity index (χ2n) is 6.81. The van der Waals surface area contributed by atoms with Crippen molar-refractivity contribution in [3.63, 3.8) is 0 Å². The fourth-order valence-corrected chi connectivity index (χ4v) is 4.28. The topological polar surface area (TPSA) is 38.8 Å². The zero-order valence-corrected chi connectivity index (χ0v) is 13.6. The van der Waals surface area contributed by atoms with Crippen LogP contribution in [0, 0.1) is 0 Å². The van der Waals surface area contributed by atoms with E-state index in [1.54, 1.807) is 0 Å².